The Hall–Kier alpha value is -2.81. The summed E-state index contributed by atoms with van der Waals surface area (Å²) in [5.41, 5.74) is 6.09. The van der Waals surface area contributed by atoms with E-state index >= 15 is 0 Å². The van der Waals surface area contributed by atoms with Gasteiger partial charge in [-0.05, 0) is 40.7 Å². The fourth-order valence-electron chi connectivity index (χ4n) is 2.76. The highest BCUT2D eigenvalue weighted by atomic mass is 16.7. The van der Waals surface area contributed by atoms with Crippen molar-refractivity contribution in [2.45, 2.75) is 12.8 Å². The van der Waals surface area contributed by atoms with E-state index in [0.717, 1.165) is 18.4 Å². The molecule has 0 N–H and O–H groups in total. The normalized spacial score (nSPS) is 13.7. The molecular weight excluding hydrogens is 300 g/mol. The van der Waals surface area contributed by atoms with Gasteiger partial charge in [0.2, 0.25) is 0 Å². The Bertz CT molecular complexity index is 755. The van der Waals surface area contributed by atoms with Gasteiger partial charge in [-0.15, -0.1) is 0 Å². The highest BCUT2D eigenvalue weighted by Crippen LogP contribution is 2.28. The molecule has 2 aromatic carbocycles. The van der Waals surface area contributed by atoms with Crippen LogP contribution in [0.5, 0.6) is 0 Å². The fourth-order valence-corrected chi connectivity index (χ4v) is 2.76. The summed E-state index contributed by atoms with van der Waals surface area (Å²) in [7, 11) is 1.31. The van der Waals surface area contributed by atoms with Crippen LogP contribution in [-0.4, -0.2) is 19.9 Å². The largest absolute Gasteiger partial charge is 0.508 e. The highest BCUT2D eigenvalue weighted by Gasteiger charge is 2.10. The van der Waals surface area contributed by atoms with Crippen LogP contribution in [0.15, 0.2) is 72.3 Å². The highest BCUT2D eigenvalue weighted by molar-refractivity contribution is 5.72. The molecule has 2 aromatic rings. The molecule has 0 fully saturated rings. The minimum absolute atomic E-state index is 0.295. The molecular formula is C21H20O3. The first-order valence-electron chi connectivity index (χ1n) is 8.01. The third-order valence-corrected chi connectivity index (χ3v) is 4.14. The molecule has 0 bridgehead atoms. The zero-order valence-corrected chi connectivity index (χ0v) is 13.7. The summed E-state index contributed by atoms with van der Waals surface area (Å²) in [6.45, 7) is 0.295. The van der Waals surface area contributed by atoms with Gasteiger partial charge in [0.1, 0.15) is 6.61 Å². The van der Waals surface area contributed by atoms with Crippen LogP contribution in [0.25, 0.3) is 16.7 Å². The third kappa shape index (κ3) is 3.93. The Kier molecular flexibility index (Phi) is 5.12. The maximum Gasteiger partial charge on any atom is 0.508 e. The number of rotatable bonds is 4. The van der Waals surface area contributed by atoms with E-state index in [1.807, 2.05) is 12.1 Å². The summed E-state index contributed by atoms with van der Waals surface area (Å²) in [5.74, 6) is 0. The number of ether oxygens (including phenoxy) is 2. The molecule has 122 valence electrons. The number of carbonyl (C=O) groups excluding carboxylic acids is 1. The van der Waals surface area contributed by atoms with Gasteiger partial charge in [-0.2, -0.15) is 0 Å². The third-order valence-electron chi connectivity index (χ3n) is 4.14. The summed E-state index contributed by atoms with van der Waals surface area (Å²) in [5, 5.41) is 0. The molecule has 0 amide bonds. The molecule has 3 rings (SSSR count). The topological polar surface area (TPSA) is 35.5 Å². The predicted octanol–water partition coefficient (Wildman–Crippen LogP) is 5.24. The Balaban J connectivity index is 1.68. The fraction of sp³-hybridized carbons (Fsp3) is 0.190. The van der Waals surface area contributed by atoms with E-state index in [1.165, 1.54) is 29.4 Å². The average molecular weight is 320 g/mol. The van der Waals surface area contributed by atoms with E-state index in [9.17, 15) is 4.79 Å². The number of hydrogen-bond acceptors (Lipinski definition) is 3. The number of carbonyl (C=O) groups is 1. The summed E-state index contributed by atoms with van der Waals surface area (Å²) in [6, 6.07) is 19.0. The Morgan fingerprint density at radius 3 is 2.17 bits per heavy atom. The molecule has 0 radical (unpaired) electrons. The van der Waals surface area contributed by atoms with Crippen molar-refractivity contribution in [3.05, 3.63) is 77.9 Å². The molecule has 3 nitrogen and oxygen atoms in total. The van der Waals surface area contributed by atoms with Crippen molar-refractivity contribution < 1.29 is 14.3 Å². The average Bonchev–Trinajstić information content (AvgIpc) is 2.67. The SMILES string of the molecule is COC(=O)OCC1=CC=C(c2ccc(-c3ccccc3)cc2)CC1. The van der Waals surface area contributed by atoms with Crippen LogP contribution in [0.3, 0.4) is 0 Å². The molecule has 0 aliphatic heterocycles. The Morgan fingerprint density at radius 1 is 0.875 bits per heavy atom. The van der Waals surface area contributed by atoms with Crippen LogP contribution in [-0.2, 0) is 9.47 Å². The van der Waals surface area contributed by atoms with Crippen molar-refractivity contribution in [3.63, 3.8) is 0 Å². The number of hydrogen-bond donors (Lipinski definition) is 0. The zero-order chi connectivity index (χ0) is 16.8. The van der Waals surface area contributed by atoms with Gasteiger partial charge in [-0.1, -0.05) is 66.7 Å². The van der Waals surface area contributed by atoms with Crippen LogP contribution in [0, 0.1) is 0 Å². The van der Waals surface area contributed by atoms with E-state index < -0.39 is 6.16 Å². The van der Waals surface area contributed by atoms with Crippen molar-refractivity contribution >= 4 is 11.7 Å². The summed E-state index contributed by atoms with van der Waals surface area (Å²) < 4.78 is 9.45. The van der Waals surface area contributed by atoms with Gasteiger partial charge >= 0.3 is 6.16 Å². The van der Waals surface area contributed by atoms with Crippen molar-refractivity contribution in [1.82, 2.24) is 0 Å². The molecule has 0 spiro atoms. The number of methoxy groups -OCH3 is 1. The quantitative estimate of drug-likeness (QED) is 0.723. The Morgan fingerprint density at radius 2 is 1.54 bits per heavy atom. The molecule has 24 heavy (non-hydrogen) atoms. The molecule has 1 aliphatic carbocycles. The maximum absolute atomic E-state index is 11.0. The maximum atomic E-state index is 11.0. The first kappa shape index (κ1) is 16.1. The smallest absolute Gasteiger partial charge is 0.438 e. The second-order valence-electron chi connectivity index (χ2n) is 5.70. The number of allylic oxidation sites excluding steroid dienone is 3. The van der Waals surface area contributed by atoms with Gasteiger partial charge in [-0.3, -0.25) is 0 Å². The lowest BCUT2D eigenvalue weighted by Crippen LogP contribution is -2.08. The lowest BCUT2D eigenvalue weighted by Gasteiger charge is -2.15. The van der Waals surface area contributed by atoms with Crippen molar-refractivity contribution in [1.29, 1.82) is 0 Å². The van der Waals surface area contributed by atoms with Crippen molar-refractivity contribution in [3.8, 4) is 11.1 Å². The lowest BCUT2D eigenvalue weighted by atomic mass is 9.92. The lowest BCUT2D eigenvalue weighted by molar-refractivity contribution is 0.0793. The van der Waals surface area contributed by atoms with Crippen LogP contribution >= 0.6 is 0 Å². The monoisotopic (exact) mass is 320 g/mol. The number of benzene rings is 2. The minimum Gasteiger partial charge on any atom is -0.438 e. The molecule has 0 aromatic heterocycles. The van der Waals surface area contributed by atoms with Crippen molar-refractivity contribution in [2.75, 3.05) is 13.7 Å². The van der Waals surface area contributed by atoms with Crippen LogP contribution < -0.4 is 0 Å². The zero-order valence-electron chi connectivity index (χ0n) is 13.7. The second-order valence-corrected chi connectivity index (χ2v) is 5.70. The van der Waals surface area contributed by atoms with Crippen LogP contribution in [0.4, 0.5) is 4.79 Å². The minimum atomic E-state index is -0.637. The Labute approximate surface area is 142 Å². The summed E-state index contributed by atoms with van der Waals surface area (Å²) in [4.78, 5) is 11.0. The molecule has 0 unspecified atom stereocenters. The molecule has 1 aliphatic rings. The molecule has 0 heterocycles. The van der Waals surface area contributed by atoms with Gasteiger partial charge in [0.05, 0.1) is 7.11 Å². The van der Waals surface area contributed by atoms with Gasteiger partial charge < -0.3 is 9.47 Å². The van der Waals surface area contributed by atoms with E-state index in [1.54, 1.807) is 0 Å². The first-order valence-corrected chi connectivity index (χ1v) is 8.01. The molecule has 0 atom stereocenters. The van der Waals surface area contributed by atoms with Crippen molar-refractivity contribution in [2.24, 2.45) is 0 Å². The summed E-state index contributed by atoms with van der Waals surface area (Å²) >= 11 is 0. The first-order chi connectivity index (χ1) is 11.8. The van der Waals surface area contributed by atoms with Gasteiger partial charge in [0.15, 0.2) is 0 Å². The van der Waals surface area contributed by atoms with Gasteiger partial charge in [0.25, 0.3) is 0 Å². The van der Waals surface area contributed by atoms with Crippen LogP contribution in [0.1, 0.15) is 18.4 Å². The predicted molar refractivity (Wildman–Crippen MR) is 95.5 cm³/mol. The standard InChI is InChI=1S/C21H20O3/c1-23-21(22)24-15-16-7-9-18(10-8-16)20-13-11-19(12-14-20)17-5-3-2-4-6-17/h2-7,9,11-14H,8,10,15H2,1H3. The van der Waals surface area contributed by atoms with Crippen LogP contribution in [0.2, 0.25) is 0 Å². The molecule has 0 saturated heterocycles. The van der Waals surface area contributed by atoms with E-state index in [-0.39, 0.29) is 0 Å². The van der Waals surface area contributed by atoms with E-state index in [4.69, 9.17) is 4.74 Å². The molecule has 0 saturated carbocycles. The van der Waals surface area contributed by atoms with E-state index in [0.29, 0.717) is 6.61 Å². The molecule has 3 heteroatoms. The summed E-state index contributed by atoms with van der Waals surface area (Å²) in [6.07, 6.45) is 5.34. The van der Waals surface area contributed by atoms with E-state index in [2.05, 4.69) is 59.3 Å². The second kappa shape index (κ2) is 7.64. The van der Waals surface area contributed by atoms with Gasteiger partial charge in [0, 0.05) is 0 Å². The van der Waals surface area contributed by atoms with Gasteiger partial charge in [-0.25, -0.2) is 4.79 Å².